The van der Waals surface area contributed by atoms with Gasteiger partial charge in [0, 0.05) is 27.2 Å². The van der Waals surface area contributed by atoms with E-state index >= 15 is 0 Å². The molecule has 0 aliphatic heterocycles. The Morgan fingerprint density at radius 1 is 1.00 bits per heavy atom. The number of ether oxygens (including phenoxy) is 2. The highest BCUT2D eigenvalue weighted by Crippen LogP contribution is 2.19. The van der Waals surface area contributed by atoms with Gasteiger partial charge in [-0.25, -0.2) is 0 Å². The number of methoxy groups -OCH3 is 2. The summed E-state index contributed by atoms with van der Waals surface area (Å²) in [6.45, 7) is 4.24. The topological polar surface area (TPSA) is 54.9 Å². The fourth-order valence-electron chi connectivity index (χ4n) is 2.74. The van der Waals surface area contributed by atoms with E-state index in [1.54, 1.807) is 21.3 Å². The number of rotatable bonds is 8. The number of guanidine groups is 1. The molecule has 0 saturated heterocycles. The zero-order valence-corrected chi connectivity index (χ0v) is 18.9. The van der Waals surface area contributed by atoms with E-state index in [4.69, 9.17) is 9.47 Å². The van der Waals surface area contributed by atoms with E-state index in [1.165, 1.54) is 22.3 Å². The van der Waals surface area contributed by atoms with Crippen LogP contribution in [0.4, 0.5) is 0 Å². The standard InChI is InChI=1S/C21H29N3O2.HI/c1-16-5-10-20(26-4)19(13-16)11-12-23-21(22-2)24-14-17-6-8-18(9-7-17)15-25-3;/h5-10,13H,11-12,14-15H2,1-4H3,(H2,22,23,24);1H. The summed E-state index contributed by atoms with van der Waals surface area (Å²) in [4.78, 5) is 4.28. The van der Waals surface area contributed by atoms with Crippen LogP contribution in [-0.4, -0.2) is 33.8 Å². The predicted molar refractivity (Wildman–Crippen MR) is 122 cm³/mol. The Morgan fingerprint density at radius 3 is 2.33 bits per heavy atom. The molecule has 0 aromatic heterocycles. The molecule has 2 aromatic rings. The maximum atomic E-state index is 5.43. The second kappa shape index (κ2) is 12.6. The average molecular weight is 483 g/mol. The van der Waals surface area contributed by atoms with Gasteiger partial charge < -0.3 is 20.1 Å². The van der Waals surface area contributed by atoms with E-state index in [9.17, 15) is 0 Å². The van der Waals surface area contributed by atoms with Gasteiger partial charge in [0.25, 0.3) is 0 Å². The van der Waals surface area contributed by atoms with Crippen LogP contribution in [0, 0.1) is 6.92 Å². The summed E-state index contributed by atoms with van der Waals surface area (Å²) < 4.78 is 10.6. The number of hydrogen-bond donors (Lipinski definition) is 2. The Bertz CT molecular complexity index is 718. The highest BCUT2D eigenvalue weighted by molar-refractivity contribution is 14.0. The second-order valence-electron chi connectivity index (χ2n) is 6.17. The summed E-state index contributed by atoms with van der Waals surface area (Å²) in [5, 5.41) is 6.69. The first kappa shape index (κ1) is 23.2. The van der Waals surface area contributed by atoms with Gasteiger partial charge in [0.15, 0.2) is 5.96 Å². The average Bonchev–Trinajstić information content (AvgIpc) is 2.66. The van der Waals surface area contributed by atoms with Gasteiger partial charge in [0.2, 0.25) is 0 Å². The molecule has 0 bridgehead atoms. The molecular weight excluding hydrogens is 453 g/mol. The van der Waals surface area contributed by atoms with E-state index in [0.29, 0.717) is 6.61 Å². The molecule has 0 atom stereocenters. The number of aryl methyl sites for hydroxylation is 1. The number of hydrogen-bond acceptors (Lipinski definition) is 3. The molecule has 2 N–H and O–H groups in total. The number of halogens is 1. The number of nitrogens with one attached hydrogen (secondary N) is 2. The minimum Gasteiger partial charge on any atom is -0.496 e. The van der Waals surface area contributed by atoms with E-state index in [1.807, 2.05) is 6.07 Å². The highest BCUT2D eigenvalue weighted by Gasteiger charge is 2.04. The number of nitrogens with zero attached hydrogens (tertiary/aromatic N) is 1. The van der Waals surface area contributed by atoms with Crippen molar-refractivity contribution >= 4 is 29.9 Å². The maximum Gasteiger partial charge on any atom is 0.191 e. The minimum absolute atomic E-state index is 0. The lowest BCUT2D eigenvalue weighted by Gasteiger charge is -2.14. The Morgan fingerprint density at radius 2 is 1.70 bits per heavy atom. The van der Waals surface area contributed by atoms with Crippen molar-refractivity contribution in [1.82, 2.24) is 10.6 Å². The van der Waals surface area contributed by atoms with Gasteiger partial charge in [-0.2, -0.15) is 0 Å². The van der Waals surface area contributed by atoms with Crippen LogP contribution in [0.1, 0.15) is 22.3 Å². The van der Waals surface area contributed by atoms with Gasteiger partial charge in [0.05, 0.1) is 13.7 Å². The van der Waals surface area contributed by atoms with Crippen LogP contribution in [0.15, 0.2) is 47.5 Å². The normalized spacial score (nSPS) is 10.9. The van der Waals surface area contributed by atoms with Crippen LogP contribution in [0.3, 0.4) is 0 Å². The van der Waals surface area contributed by atoms with Crippen molar-refractivity contribution in [2.75, 3.05) is 27.8 Å². The Balaban J connectivity index is 0.00000364. The summed E-state index contributed by atoms with van der Waals surface area (Å²) in [6, 6.07) is 14.6. The first-order valence-corrected chi connectivity index (χ1v) is 8.81. The summed E-state index contributed by atoms with van der Waals surface area (Å²) >= 11 is 0. The van der Waals surface area contributed by atoms with E-state index in [2.05, 4.69) is 58.9 Å². The third-order valence-corrected chi connectivity index (χ3v) is 4.14. The lowest BCUT2D eigenvalue weighted by molar-refractivity contribution is 0.185. The van der Waals surface area contributed by atoms with Crippen LogP contribution < -0.4 is 15.4 Å². The largest absolute Gasteiger partial charge is 0.496 e. The molecule has 0 aliphatic rings. The van der Waals surface area contributed by atoms with Crippen molar-refractivity contribution in [3.05, 3.63) is 64.7 Å². The van der Waals surface area contributed by atoms with Crippen LogP contribution in [0.5, 0.6) is 5.75 Å². The molecule has 2 aromatic carbocycles. The van der Waals surface area contributed by atoms with Crippen molar-refractivity contribution in [3.63, 3.8) is 0 Å². The van der Waals surface area contributed by atoms with Gasteiger partial charge in [0.1, 0.15) is 5.75 Å². The van der Waals surface area contributed by atoms with Crippen LogP contribution >= 0.6 is 24.0 Å². The molecule has 0 saturated carbocycles. The first-order chi connectivity index (χ1) is 12.7. The van der Waals surface area contributed by atoms with Crippen molar-refractivity contribution < 1.29 is 9.47 Å². The Kier molecular flexibility index (Phi) is 10.8. The van der Waals surface area contributed by atoms with Gasteiger partial charge in [-0.3, -0.25) is 4.99 Å². The number of aliphatic imine (C=N–C) groups is 1. The van der Waals surface area contributed by atoms with Gasteiger partial charge >= 0.3 is 0 Å². The minimum atomic E-state index is 0. The molecule has 6 heteroatoms. The zero-order chi connectivity index (χ0) is 18.8. The second-order valence-corrected chi connectivity index (χ2v) is 6.17. The highest BCUT2D eigenvalue weighted by atomic mass is 127. The Labute approximate surface area is 179 Å². The summed E-state index contributed by atoms with van der Waals surface area (Å²) in [7, 11) is 5.20. The van der Waals surface area contributed by atoms with Gasteiger partial charge in [-0.05, 0) is 36.1 Å². The van der Waals surface area contributed by atoms with E-state index in [0.717, 1.165) is 31.2 Å². The molecule has 2 rings (SSSR count). The summed E-state index contributed by atoms with van der Waals surface area (Å²) in [5.41, 5.74) is 4.81. The molecule has 5 nitrogen and oxygen atoms in total. The molecule has 0 aliphatic carbocycles. The molecular formula is C21H30IN3O2. The van der Waals surface area contributed by atoms with Crippen LogP contribution in [0.2, 0.25) is 0 Å². The van der Waals surface area contributed by atoms with Crippen molar-refractivity contribution in [1.29, 1.82) is 0 Å². The molecule has 0 spiro atoms. The third kappa shape index (κ3) is 7.76. The monoisotopic (exact) mass is 483 g/mol. The fraction of sp³-hybridized carbons (Fsp3) is 0.381. The number of benzene rings is 2. The molecule has 0 radical (unpaired) electrons. The van der Waals surface area contributed by atoms with E-state index < -0.39 is 0 Å². The molecule has 0 fully saturated rings. The SMILES string of the molecule is CN=C(NCCc1cc(C)ccc1OC)NCc1ccc(COC)cc1.I. The lowest BCUT2D eigenvalue weighted by Crippen LogP contribution is -2.37. The first-order valence-electron chi connectivity index (χ1n) is 8.81. The van der Waals surface area contributed by atoms with Crippen LogP contribution in [0.25, 0.3) is 0 Å². The molecule has 0 amide bonds. The molecule has 0 heterocycles. The quantitative estimate of drug-likeness (QED) is 0.342. The van der Waals surface area contributed by atoms with Crippen molar-refractivity contribution in [2.24, 2.45) is 4.99 Å². The van der Waals surface area contributed by atoms with E-state index in [-0.39, 0.29) is 24.0 Å². The van der Waals surface area contributed by atoms with Gasteiger partial charge in [-0.1, -0.05) is 42.0 Å². The maximum absolute atomic E-state index is 5.43. The third-order valence-electron chi connectivity index (χ3n) is 4.14. The predicted octanol–water partition coefficient (Wildman–Crippen LogP) is 3.68. The molecule has 27 heavy (non-hydrogen) atoms. The Hall–Kier alpha value is -1.80. The summed E-state index contributed by atoms with van der Waals surface area (Å²) in [6.07, 6.45) is 0.872. The molecule has 0 unspecified atom stereocenters. The van der Waals surface area contributed by atoms with Crippen molar-refractivity contribution in [2.45, 2.75) is 26.5 Å². The van der Waals surface area contributed by atoms with Crippen molar-refractivity contribution in [3.8, 4) is 5.75 Å². The zero-order valence-electron chi connectivity index (χ0n) is 16.5. The smallest absolute Gasteiger partial charge is 0.191 e. The lowest BCUT2D eigenvalue weighted by atomic mass is 10.1. The fourth-order valence-corrected chi connectivity index (χ4v) is 2.74. The summed E-state index contributed by atoms with van der Waals surface area (Å²) in [5.74, 6) is 1.72. The van der Waals surface area contributed by atoms with Crippen LogP contribution in [-0.2, 0) is 24.3 Å². The van der Waals surface area contributed by atoms with Gasteiger partial charge in [-0.15, -0.1) is 24.0 Å². The molecule has 148 valence electrons.